The Morgan fingerprint density at radius 2 is 1.93 bits per heavy atom. The van der Waals surface area contributed by atoms with Gasteiger partial charge in [-0.3, -0.25) is 9.47 Å². The van der Waals surface area contributed by atoms with Crippen molar-refractivity contribution < 1.29 is 5.11 Å². The fraction of sp³-hybridized carbons (Fsp3) is 0.458. The molecule has 0 saturated carbocycles. The maximum Gasteiger partial charge on any atom is 0.326 e. The van der Waals surface area contributed by atoms with Crippen molar-refractivity contribution in [3.63, 3.8) is 0 Å². The van der Waals surface area contributed by atoms with Gasteiger partial charge in [-0.1, -0.05) is 31.2 Å². The largest absolute Gasteiger partial charge is 0.387 e. The first kappa shape index (κ1) is 19.9. The van der Waals surface area contributed by atoms with E-state index in [4.69, 9.17) is 0 Å². The molecule has 3 atom stereocenters. The second-order valence-corrected chi connectivity index (χ2v) is 10.2. The van der Waals surface area contributed by atoms with Crippen LogP contribution in [-0.2, 0) is 6.42 Å². The first-order valence-corrected chi connectivity index (χ1v) is 11.8. The van der Waals surface area contributed by atoms with E-state index in [-0.39, 0.29) is 17.8 Å². The summed E-state index contributed by atoms with van der Waals surface area (Å²) < 4.78 is 1.92. The number of hydrogen-bond acceptors (Lipinski definition) is 4. The molecule has 2 aliphatic rings. The van der Waals surface area contributed by atoms with E-state index in [1.54, 1.807) is 0 Å². The fourth-order valence-electron chi connectivity index (χ4n) is 5.09. The van der Waals surface area contributed by atoms with E-state index >= 15 is 0 Å². The number of nitrogens with one attached hydrogen (secondary N) is 1. The molecule has 2 N–H and O–H groups in total. The number of imidazole rings is 1. The molecule has 0 radical (unpaired) electrons. The highest BCUT2D eigenvalue weighted by molar-refractivity contribution is 8.00. The van der Waals surface area contributed by atoms with Crippen molar-refractivity contribution in [1.29, 1.82) is 0 Å². The van der Waals surface area contributed by atoms with Gasteiger partial charge in [-0.25, -0.2) is 4.79 Å². The van der Waals surface area contributed by atoms with E-state index in [0.717, 1.165) is 48.9 Å². The standard InChI is InChI=1S/C24H29N3O2S/c1-15-13-18-14-17(7-8-22(18)30-15)23(28)16(2)26-11-9-19(10-12-26)27-21-6-4-3-5-20(21)25-24(27)29/h3-8,14-16,19,23,28H,9-13H2,1-2H3,(H,25,29). The number of benzene rings is 2. The molecule has 2 aliphatic heterocycles. The van der Waals surface area contributed by atoms with E-state index < -0.39 is 6.10 Å². The van der Waals surface area contributed by atoms with Crippen molar-refractivity contribution in [2.75, 3.05) is 13.1 Å². The molecule has 158 valence electrons. The number of fused-ring (bicyclic) bond motifs is 2. The molecule has 2 aromatic carbocycles. The van der Waals surface area contributed by atoms with Crippen molar-refractivity contribution in [1.82, 2.24) is 14.5 Å². The quantitative estimate of drug-likeness (QED) is 0.663. The van der Waals surface area contributed by atoms with Crippen LogP contribution in [0.15, 0.2) is 52.2 Å². The summed E-state index contributed by atoms with van der Waals surface area (Å²) in [5.41, 5.74) is 4.25. The zero-order chi connectivity index (χ0) is 20.8. The Morgan fingerprint density at radius 1 is 1.17 bits per heavy atom. The van der Waals surface area contributed by atoms with Gasteiger partial charge in [0.05, 0.1) is 17.1 Å². The van der Waals surface area contributed by atoms with Gasteiger partial charge in [-0.2, -0.15) is 0 Å². The molecule has 5 nitrogen and oxygen atoms in total. The Bertz CT molecular complexity index is 1110. The number of aromatic amines is 1. The molecule has 1 aromatic heterocycles. The minimum absolute atomic E-state index is 0.0204. The van der Waals surface area contributed by atoms with Crippen molar-refractivity contribution in [3.8, 4) is 0 Å². The first-order valence-electron chi connectivity index (χ1n) is 10.9. The van der Waals surface area contributed by atoms with Gasteiger partial charge in [0, 0.05) is 35.3 Å². The lowest BCUT2D eigenvalue weighted by atomic mass is 9.96. The minimum atomic E-state index is -0.497. The molecule has 5 rings (SSSR count). The Balaban J connectivity index is 1.28. The summed E-state index contributed by atoms with van der Waals surface area (Å²) in [6.45, 7) is 6.14. The Hall–Kier alpha value is -2.02. The van der Waals surface area contributed by atoms with Gasteiger partial charge >= 0.3 is 5.69 Å². The van der Waals surface area contributed by atoms with Crippen LogP contribution in [-0.4, -0.2) is 43.9 Å². The molecule has 3 heterocycles. The molecule has 0 bridgehead atoms. The molecule has 1 saturated heterocycles. The molecule has 30 heavy (non-hydrogen) atoms. The van der Waals surface area contributed by atoms with Crippen molar-refractivity contribution >= 4 is 22.8 Å². The maximum absolute atomic E-state index is 12.5. The summed E-state index contributed by atoms with van der Waals surface area (Å²) in [6.07, 6.45) is 2.41. The Labute approximate surface area is 181 Å². The highest BCUT2D eigenvalue weighted by Gasteiger charge is 2.30. The smallest absolute Gasteiger partial charge is 0.326 e. The number of rotatable bonds is 4. The van der Waals surface area contributed by atoms with Gasteiger partial charge in [-0.05, 0) is 55.5 Å². The van der Waals surface area contributed by atoms with Crippen molar-refractivity contribution in [2.45, 2.75) is 61.4 Å². The summed E-state index contributed by atoms with van der Waals surface area (Å²) in [5.74, 6) is 0. The number of likely N-dealkylation sites (tertiary alicyclic amines) is 1. The van der Waals surface area contributed by atoms with Crippen LogP contribution in [0.4, 0.5) is 0 Å². The molecule has 3 unspecified atom stereocenters. The predicted molar refractivity (Wildman–Crippen MR) is 122 cm³/mol. The van der Waals surface area contributed by atoms with E-state index in [1.807, 2.05) is 40.6 Å². The van der Waals surface area contributed by atoms with Gasteiger partial charge in [-0.15, -0.1) is 11.8 Å². The number of para-hydroxylation sites is 2. The van der Waals surface area contributed by atoms with Gasteiger partial charge in [0.15, 0.2) is 0 Å². The summed E-state index contributed by atoms with van der Waals surface area (Å²) in [4.78, 5) is 19.2. The lowest BCUT2D eigenvalue weighted by Gasteiger charge is -2.38. The highest BCUT2D eigenvalue weighted by Crippen LogP contribution is 2.38. The van der Waals surface area contributed by atoms with Gasteiger partial charge in [0.1, 0.15) is 0 Å². The molecular weight excluding hydrogens is 394 g/mol. The first-order chi connectivity index (χ1) is 14.5. The van der Waals surface area contributed by atoms with E-state index in [1.165, 1.54) is 10.5 Å². The molecule has 1 fully saturated rings. The zero-order valence-electron chi connectivity index (χ0n) is 17.5. The summed E-state index contributed by atoms with van der Waals surface area (Å²) in [6, 6.07) is 14.6. The van der Waals surface area contributed by atoms with Crippen LogP contribution < -0.4 is 5.69 Å². The van der Waals surface area contributed by atoms with E-state index in [0.29, 0.717) is 5.25 Å². The minimum Gasteiger partial charge on any atom is -0.387 e. The number of hydrogen-bond donors (Lipinski definition) is 2. The van der Waals surface area contributed by atoms with Gasteiger partial charge in [0.25, 0.3) is 0 Å². The molecular formula is C24H29N3O2S. The number of aliphatic hydroxyl groups is 1. The van der Waals surface area contributed by atoms with Crippen LogP contribution >= 0.6 is 11.8 Å². The zero-order valence-corrected chi connectivity index (χ0v) is 18.4. The highest BCUT2D eigenvalue weighted by atomic mass is 32.2. The van der Waals surface area contributed by atoms with Crippen LogP contribution in [0, 0.1) is 0 Å². The second-order valence-electron chi connectivity index (χ2n) is 8.77. The Kier molecular flexibility index (Phi) is 5.25. The SMILES string of the molecule is CC1Cc2cc(C(O)C(C)N3CCC(n4c(=O)[nH]c5ccccc54)CC3)ccc2S1. The third-order valence-electron chi connectivity index (χ3n) is 6.78. The lowest BCUT2D eigenvalue weighted by Crippen LogP contribution is -2.44. The van der Waals surface area contributed by atoms with Crippen LogP contribution in [0.3, 0.4) is 0 Å². The third-order valence-corrected chi connectivity index (χ3v) is 8.00. The van der Waals surface area contributed by atoms with Crippen molar-refractivity contribution in [2.24, 2.45) is 0 Å². The second kappa shape index (κ2) is 7.91. The van der Waals surface area contributed by atoms with Crippen LogP contribution in [0.2, 0.25) is 0 Å². The monoisotopic (exact) mass is 423 g/mol. The summed E-state index contributed by atoms with van der Waals surface area (Å²) in [7, 11) is 0. The predicted octanol–water partition coefficient (Wildman–Crippen LogP) is 4.13. The number of H-pyrrole nitrogens is 1. The molecule has 3 aromatic rings. The number of aromatic nitrogens is 2. The lowest BCUT2D eigenvalue weighted by molar-refractivity contribution is 0.0385. The van der Waals surface area contributed by atoms with Crippen LogP contribution in [0.25, 0.3) is 11.0 Å². The van der Waals surface area contributed by atoms with Crippen LogP contribution in [0.1, 0.15) is 50.0 Å². The summed E-state index contributed by atoms with van der Waals surface area (Å²) in [5, 5.41) is 11.7. The molecule has 6 heteroatoms. The average molecular weight is 424 g/mol. The average Bonchev–Trinajstić information content (AvgIpc) is 3.30. The number of thioether (sulfide) groups is 1. The van der Waals surface area contributed by atoms with Gasteiger partial charge < -0.3 is 10.1 Å². The normalized spacial score (nSPS) is 22.3. The number of piperidine rings is 1. The third kappa shape index (κ3) is 3.51. The van der Waals surface area contributed by atoms with E-state index in [9.17, 15) is 9.90 Å². The Morgan fingerprint density at radius 3 is 2.73 bits per heavy atom. The van der Waals surface area contributed by atoms with Crippen molar-refractivity contribution in [3.05, 3.63) is 64.1 Å². The van der Waals surface area contributed by atoms with Crippen LogP contribution in [0.5, 0.6) is 0 Å². The number of nitrogens with zero attached hydrogens (tertiary/aromatic N) is 2. The number of aliphatic hydroxyl groups excluding tert-OH is 1. The topological polar surface area (TPSA) is 61.3 Å². The fourth-order valence-corrected chi connectivity index (χ4v) is 6.23. The van der Waals surface area contributed by atoms with E-state index in [2.05, 4.69) is 41.9 Å². The molecule has 0 amide bonds. The van der Waals surface area contributed by atoms with Gasteiger partial charge in [0.2, 0.25) is 0 Å². The summed E-state index contributed by atoms with van der Waals surface area (Å²) >= 11 is 1.93. The molecule has 0 spiro atoms. The maximum atomic E-state index is 12.5. The molecule has 0 aliphatic carbocycles.